The molecule has 4 rings (SSSR count). The van der Waals surface area contributed by atoms with E-state index in [0.717, 1.165) is 18.6 Å². The summed E-state index contributed by atoms with van der Waals surface area (Å²) in [5, 5.41) is 10.0. The van der Waals surface area contributed by atoms with Crippen LogP contribution in [0.25, 0.3) is 0 Å². The molecule has 0 spiro atoms. The van der Waals surface area contributed by atoms with Crippen molar-refractivity contribution in [3.8, 4) is 0 Å². The molecule has 1 aromatic heterocycles. The van der Waals surface area contributed by atoms with Gasteiger partial charge in [0.15, 0.2) is 0 Å². The molecule has 120 valence electrons. The van der Waals surface area contributed by atoms with Crippen LogP contribution in [0.15, 0.2) is 41.0 Å². The van der Waals surface area contributed by atoms with Gasteiger partial charge in [0.2, 0.25) is 0 Å². The SMILES string of the molecule is O=C(c1ccoc1C1CC1)N1C[C@@H](O)C[C@@H]1c1cccc(F)c1. The average Bonchev–Trinajstić information content (AvgIpc) is 3.12. The van der Waals surface area contributed by atoms with Crippen LogP contribution in [0.2, 0.25) is 0 Å². The van der Waals surface area contributed by atoms with Crippen molar-refractivity contribution in [2.45, 2.75) is 37.3 Å². The smallest absolute Gasteiger partial charge is 0.258 e. The third-order valence-electron chi connectivity index (χ3n) is 4.65. The largest absolute Gasteiger partial charge is 0.468 e. The fourth-order valence-electron chi connectivity index (χ4n) is 3.38. The molecule has 0 bridgehead atoms. The van der Waals surface area contributed by atoms with Crippen molar-refractivity contribution in [2.24, 2.45) is 0 Å². The van der Waals surface area contributed by atoms with Crippen molar-refractivity contribution in [1.29, 1.82) is 0 Å². The summed E-state index contributed by atoms with van der Waals surface area (Å²) < 4.78 is 19.0. The Labute approximate surface area is 133 Å². The van der Waals surface area contributed by atoms with E-state index in [0.29, 0.717) is 23.5 Å². The summed E-state index contributed by atoms with van der Waals surface area (Å²) in [6, 6.07) is 7.62. The number of likely N-dealkylation sites (tertiary alicyclic amines) is 1. The Bertz CT molecular complexity index is 737. The number of carbonyl (C=O) groups is 1. The first-order valence-corrected chi connectivity index (χ1v) is 7.95. The highest BCUT2D eigenvalue weighted by Gasteiger charge is 2.39. The molecule has 4 nitrogen and oxygen atoms in total. The molecule has 2 aliphatic rings. The van der Waals surface area contributed by atoms with Gasteiger partial charge < -0.3 is 14.4 Å². The number of furan rings is 1. The number of halogens is 1. The van der Waals surface area contributed by atoms with E-state index in [4.69, 9.17) is 4.42 Å². The van der Waals surface area contributed by atoms with Gasteiger partial charge in [0.25, 0.3) is 5.91 Å². The predicted octanol–water partition coefficient (Wildman–Crippen LogP) is 3.24. The maximum absolute atomic E-state index is 13.5. The van der Waals surface area contributed by atoms with E-state index in [1.807, 2.05) is 0 Å². The second kappa shape index (κ2) is 5.49. The van der Waals surface area contributed by atoms with Crippen LogP contribution in [0.4, 0.5) is 4.39 Å². The molecule has 1 amide bonds. The van der Waals surface area contributed by atoms with Crippen molar-refractivity contribution >= 4 is 5.91 Å². The Kier molecular flexibility index (Phi) is 3.45. The summed E-state index contributed by atoms with van der Waals surface area (Å²) in [6.45, 7) is 0.259. The lowest BCUT2D eigenvalue weighted by Crippen LogP contribution is -2.32. The van der Waals surface area contributed by atoms with Gasteiger partial charge in [-0.25, -0.2) is 4.39 Å². The molecule has 23 heavy (non-hydrogen) atoms. The number of carbonyl (C=O) groups excluding carboxylic acids is 1. The van der Waals surface area contributed by atoms with E-state index in [2.05, 4.69) is 0 Å². The normalized spacial score (nSPS) is 24.2. The van der Waals surface area contributed by atoms with Gasteiger partial charge in [-0.2, -0.15) is 0 Å². The van der Waals surface area contributed by atoms with Crippen molar-refractivity contribution in [2.75, 3.05) is 6.54 Å². The van der Waals surface area contributed by atoms with Gasteiger partial charge in [-0.3, -0.25) is 4.79 Å². The lowest BCUT2D eigenvalue weighted by atomic mass is 10.0. The van der Waals surface area contributed by atoms with Crippen LogP contribution in [-0.4, -0.2) is 28.6 Å². The molecule has 2 heterocycles. The monoisotopic (exact) mass is 315 g/mol. The molecule has 2 fully saturated rings. The highest BCUT2D eigenvalue weighted by molar-refractivity contribution is 5.96. The van der Waals surface area contributed by atoms with Crippen LogP contribution in [0.1, 0.15) is 52.9 Å². The second-order valence-electron chi connectivity index (χ2n) is 6.39. The van der Waals surface area contributed by atoms with E-state index in [1.165, 1.54) is 12.1 Å². The first-order chi connectivity index (χ1) is 11.1. The third kappa shape index (κ3) is 2.65. The van der Waals surface area contributed by atoms with Crippen LogP contribution < -0.4 is 0 Å². The van der Waals surface area contributed by atoms with Crippen LogP contribution in [0.3, 0.4) is 0 Å². The molecule has 1 saturated heterocycles. The first-order valence-electron chi connectivity index (χ1n) is 7.95. The van der Waals surface area contributed by atoms with E-state index in [1.54, 1.807) is 29.4 Å². The lowest BCUT2D eigenvalue weighted by molar-refractivity contribution is 0.0713. The molecule has 2 atom stereocenters. The van der Waals surface area contributed by atoms with Gasteiger partial charge in [0, 0.05) is 12.5 Å². The van der Waals surface area contributed by atoms with Gasteiger partial charge in [-0.05, 0) is 43.0 Å². The van der Waals surface area contributed by atoms with Gasteiger partial charge in [-0.15, -0.1) is 0 Å². The highest BCUT2D eigenvalue weighted by Crippen LogP contribution is 2.43. The number of benzene rings is 1. The van der Waals surface area contributed by atoms with Gasteiger partial charge in [-0.1, -0.05) is 12.1 Å². The van der Waals surface area contributed by atoms with Crippen LogP contribution in [0, 0.1) is 5.82 Å². The standard InChI is InChI=1S/C18H18FNO3/c19-13-3-1-2-12(8-13)16-9-14(21)10-20(16)18(22)15-6-7-23-17(15)11-4-5-11/h1-3,6-8,11,14,16,21H,4-5,9-10H2/t14-,16+/m0/s1. The average molecular weight is 315 g/mol. The minimum atomic E-state index is -0.594. The Morgan fingerprint density at radius 2 is 2.13 bits per heavy atom. The zero-order chi connectivity index (χ0) is 16.0. The molecule has 1 aliphatic carbocycles. The number of aliphatic hydroxyl groups excluding tert-OH is 1. The van der Waals surface area contributed by atoms with Crippen molar-refractivity contribution in [3.05, 3.63) is 59.3 Å². The maximum Gasteiger partial charge on any atom is 0.258 e. The number of aliphatic hydroxyl groups is 1. The van der Waals surface area contributed by atoms with Crippen molar-refractivity contribution in [1.82, 2.24) is 4.90 Å². The number of hydrogen-bond acceptors (Lipinski definition) is 3. The fraction of sp³-hybridized carbons (Fsp3) is 0.389. The molecule has 1 N–H and O–H groups in total. The van der Waals surface area contributed by atoms with E-state index in [9.17, 15) is 14.3 Å². The summed E-state index contributed by atoms with van der Waals surface area (Å²) in [4.78, 5) is 14.6. The maximum atomic E-state index is 13.5. The lowest BCUT2D eigenvalue weighted by Gasteiger charge is -2.24. The number of β-amino-alcohol motifs (C(OH)–C–C–N with tert-alkyl or cyclic N) is 1. The number of rotatable bonds is 3. The Morgan fingerprint density at radius 1 is 1.30 bits per heavy atom. The van der Waals surface area contributed by atoms with Gasteiger partial charge in [0.1, 0.15) is 11.6 Å². The fourth-order valence-corrected chi connectivity index (χ4v) is 3.38. The topological polar surface area (TPSA) is 53.7 Å². The van der Waals surface area contributed by atoms with Crippen molar-refractivity contribution in [3.63, 3.8) is 0 Å². The second-order valence-corrected chi connectivity index (χ2v) is 6.39. The zero-order valence-corrected chi connectivity index (χ0v) is 12.6. The van der Waals surface area contributed by atoms with Gasteiger partial charge >= 0.3 is 0 Å². The van der Waals surface area contributed by atoms with Gasteiger partial charge in [0.05, 0.1) is 24.0 Å². The van der Waals surface area contributed by atoms with E-state index < -0.39 is 6.10 Å². The minimum absolute atomic E-state index is 0.147. The Morgan fingerprint density at radius 3 is 2.87 bits per heavy atom. The molecule has 0 unspecified atom stereocenters. The molecule has 0 radical (unpaired) electrons. The number of hydrogen-bond donors (Lipinski definition) is 1. The molecule has 5 heteroatoms. The number of amides is 1. The van der Waals surface area contributed by atoms with E-state index in [-0.39, 0.29) is 24.3 Å². The molecular formula is C18H18FNO3. The molecule has 1 aliphatic heterocycles. The van der Waals surface area contributed by atoms with Crippen LogP contribution in [0.5, 0.6) is 0 Å². The molecule has 2 aromatic rings. The summed E-state index contributed by atoms with van der Waals surface area (Å²) in [6.07, 6.45) is 3.47. The van der Waals surface area contributed by atoms with Crippen LogP contribution >= 0.6 is 0 Å². The Balaban J connectivity index is 1.65. The highest BCUT2D eigenvalue weighted by atomic mass is 19.1. The zero-order valence-electron chi connectivity index (χ0n) is 12.6. The molecular weight excluding hydrogens is 297 g/mol. The molecule has 1 saturated carbocycles. The summed E-state index contributed by atoms with van der Waals surface area (Å²) in [5.74, 6) is 0.600. The van der Waals surface area contributed by atoms with Crippen molar-refractivity contribution < 1.29 is 18.7 Å². The molecule has 1 aromatic carbocycles. The Hall–Kier alpha value is -2.14. The first kappa shape index (κ1) is 14.5. The van der Waals surface area contributed by atoms with Crippen LogP contribution in [-0.2, 0) is 0 Å². The summed E-state index contributed by atoms with van der Waals surface area (Å²) in [7, 11) is 0. The summed E-state index contributed by atoms with van der Waals surface area (Å²) in [5.41, 5.74) is 1.29. The quantitative estimate of drug-likeness (QED) is 0.946. The predicted molar refractivity (Wildman–Crippen MR) is 81.5 cm³/mol. The van der Waals surface area contributed by atoms with E-state index >= 15 is 0 Å². The minimum Gasteiger partial charge on any atom is -0.468 e. The number of nitrogens with zero attached hydrogens (tertiary/aromatic N) is 1. The third-order valence-corrected chi connectivity index (χ3v) is 4.65. The summed E-state index contributed by atoms with van der Waals surface area (Å²) >= 11 is 0.